The van der Waals surface area contributed by atoms with Crippen LogP contribution < -0.4 is 4.74 Å². The number of rotatable bonds is 6. The number of amides is 1. The van der Waals surface area contributed by atoms with Crippen LogP contribution in [0.4, 0.5) is 4.79 Å². The number of carbonyl (C=O) groups excluding carboxylic acids is 1. The number of hydrogen-bond donors (Lipinski definition) is 2. The molecule has 4 heterocycles. The molecule has 1 fully saturated rings. The fourth-order valence-corrected chi connectivity index (χ4v) is 4.92. The van der Waals surface area contributed by atoms with Gasteiger partial charge in [-0.2, -0.15) is 0 Å². The molecule has 0 spiro atoms. The number of pyridine rings is 2. The summed E-state index contributed by atoms with van der Waals surface area (Å²) in [5.41, 5.74) is 3.24. The number of fused-ring (bicyclic) bond motifs is 1. The predicted octanol–water partition coefficient (Wildman–Crippen LogP) is 3.31. The van der Waals surface area contributed by atoms with Gasteiger partial charge in [-0.15, -0.1) is 0 Å². The predicted molar refractivity (Wildman–Crippen MR) is 130 cm³/mol. The van der Waals surface area contributed by atoms with Gasteiger partial charge in [-0.25, -0.2) is 14.3 Å². The van der Waals surface area contributed by atoms with Crippen molar-refractivity contribution >= 4 is 6.09 Å². The second kappa shape index (κ2) is 10.4. The Kier molecular flexibility index (Phi) is 6.85. The van der Waals surface area contributed by atoms with E-state index in [4.69, 9.17) is 4.74 Å². The molecule has 1 saturated heterocycles. The Morgan fingerprint density at radius 3 is 2.31 bits per heavy atom. The highest BCUT2D eigenvalue weighted by Gasteiger charge is 2.26. The molecule has 0 aromatic carbocycles. The third-order valence-electron chi connectivity index (χ3n) is 6.87. The van der Waals surface area contributed by atoms with Crippen molar-refractivity contribution in [3.8, 4) is 23.3 Å². The molecule has 1 aliphatic heterocycles. The molecule has 0 bridgehead atoms. The lowest BCUT2D eigenvalue weighted by Crippen LogP contribution is -2.49. The van der Waals surface area contributed by atoms with Crippen LogP contribution in [0, 0.1) is 0 Å². The van der Waals surface area contributed by atoms with Crippen molar-refractivity contribution in [2.45, 2.75) is 38.5 Å². The van der Waals surface area contributed by atoms with Crippen molar-refractivity contribution in [2.24, 2.45) is 0 Å². The summed E-state index contributed by atoms with van der Waals surface area (Å²) < 4.78 is 6.88. The highest BCUT2D eigenvalue weighted by atomic mass is 16.6. The molecule has 5 rings (SSSR count). The van der Waals surface area contributed by atoms with Crippen LogP contribution in [-0.4, -0.2) is 73.4 Å². The normalized spacial score (nSPS) is 16.2. The zero-order valence-corrected chi connectivity index (χ0v) is 19.8. The minimum atomic E-state index is -0.416. The first-order valence-electron chi connectivity index (χ1n) is 12.3. The lowest BCUT2D eigenvalue weighted by molar-refractivity contribution is 0.109. The fourth-order valence-electron chi connectivity index (χ4n) is 4.92. The van der Waals surface area contributed by atoms with Crippen LogP contribution >= 0.6 is 0 Å². The van der Waals surface area contributed by atoms with E-state index >= 15 is 0 Å². The van der Waals surface area contributed by atoms with Gasteiger partial charge < -0.3 is 19.8 Å². The summed E-state index contributed by atoms with van der Waals surface area (Å²) in [5, 5.41) is 21.2. The number of hydrogen-bond acceptors (Lipinski definition) is 7. The number of nitrogens with zero attached hydrogens (tertiary/aromatic N) is 5. The molecule has 9 heteroatoms. The van der Waals surface area contributed by atoms with Crippen molar-refractivity contribution in [3.05, 3.63) is 59.5 Å². The highest BCUT2D eigenvalue weighted by Crippen LogP contribution is 2.40. The first kappa shape index (κ1) is 23.2. The number of piperazine rings is 1. The molecular weight excluding hydrogens is 446 g/mol. The van der Waals surface area contributed by atoms with Crippen molar-refractivity contribution in [3.63, 3.8) is 0 Å². The van der Waals surface area contributed by atoms with E-state index in [1.807, 2.05) is 24.4 Å². The second-order valence-electron chi connectivity index (χ2n) is 9.12. The molecule has 0 unspecified atom stereocenters. The zero-order valence-electron chi connectivity index (χ0n) is 19.8. The molecule has 35 heavy (non-hydrogen) atoms. The first-order valence-corrected chi connectivity index (χ1v) is 12.3. The molecule has 2 aliphatic rings. The zero-order chi connectivity index (χ0) is 24.2. The quantitative estimate of drug-likeness (QED) is 0.561. The summed E-state index contributed by atoms with van der Waals surface area (Å²) >= 11 is 0. The van der Waals surface area contributed by atoms with Crippen LogP contribution in [0.3, 0.4) is 0 Å². The van der Waals surface area contributed by atoms with Gasteiger partial charge in [-0.05, 0) is 63.3 Å². The molecular formula is C26H31N5O4. The van der Waals surface area contributed by atoms with E-state index < -0.39 is 6.09 Å². The minimum absolute atomic E-state index is 0.0571. The smallest absolute Gasteiger partial charge is 0.416 e. The maximum absolute atomic E-state index is 12.6. The lowest BCUT2D eigenvalue weighted by atomic mass is 9.95. The van der Waals surface area contributed by atoms with E-state index in [-0.39, 0.29) is 17.6 Å². The van der Waals surface area contributed by atoms with Crippen LogP contribution in [0.1, 0.15) is 36.1 Å². The van der Waals surface area contributed by atoms with Crippen LogP contribution in [-0.2, 0) is 19.3 Å². The molecule has 3 aromatic rings. The van der Waals surface area contributed by atoms with Crippen molar-refractivity contribution < 1.29 is 19.7 Å². The van der Waals surface area contributed by atoms with Crippen LogP contribution in [0.15, 0.2) is 42.7 Å². The molecule has 3 aromatic heterocycles. The van der Waals surface area contributed by atoms with E-state index in [1.54, 1.807) is 17.0 Å². The van der Waals surface area contributed by atoms with E-state index in [0.717, 1.165) is 75.0 Å². The monoisotopic (exact) mass is 477 g/mol. The average Bonchev–Trinajstić information content (AvgIpc) is 3.15. The van der Waals surface area contributed by atoms with Gasteiger partial charge in [0.05, 0.1) is 11.9 Å². The van der Waals surface area contributed by atoms with Gasteiger partial charge in [-0.3, -0.25) is 9.88 Å². The second-order valence-corrected chi connectivity index (χ2v) is 9.12. The Bertz CT molecular complexity index is 1130. The summed E-state index contributed by atoms with van der Waals surface area (Å²) in [6, 6.07) is 9.25. The van der Waals surface area contributed by atoms with Gasteiger partial charge in [0.1, 0.15) is 0 Å². The SMILES string of the molecule is O=C(Oc1ccc(-n2c(O)c3c(c2O)CCCC3)cn1)N1CCN(CCCc2ccccn2)CC1. The summed E-state index contributed by atoms with van der Waals surface area (Å²) in [6.45, 7) is 3.81. The standard InChI is InChI=1S/C26H31N5O4/c32-24-21-8-1-2-9-22(21)25(33)31(24)20-10-11-23(28-18-20)35-26(34)30-16-14-29(15-17-30)13-5-7-19-6-3-4-12-27-19/h3-4,6,10-12,18,32-33H,1-2,5,7-9,13-17H2. The molecule has 184 valence electrons. The number of aromatic nitrogens is 3. The van der Waals surface area contributed by atoms with Gasteiger partial charge in [0.2, 0.25) is 17.6 Å². The minimum Gasteiger partial charge on any atom is -0.494 e. The van der Waals surface area contributed by atoms with Crippen molar-refractivity contribution in [1.82, 2.24) is 24.3 Å². The third-order valence-corrected chi connectivity index (χ3v) is 6.87. The maximum atomic E-state index is 12.6. The Hall–Kier alpha value is -3.59. The molecule has 0 saturated carbocycles. The van der Waals surface area contributed by atoms with Crippen LogP contribution in [0.2, 0.25) is 0 Å². The van der Waals surface area contributed by atoms with Gasteiger partial charge in [0, 0.05) is 55.3 Å². The van der Waals surface area contributed by atoms with Crippen LogP contribution in [0.25, 0.3) is 5.69 Å². The molecule has 1 aliphatic carbocycles. The fraction of sp³-hybridized carbons (Fsp3) is 0.423. The summed E-state index contributed by atoms with van der Waals surface area (Å²) in [7, 11) is 0. The topological polar surface area (TPSA) is 104 Å². The Balaban J connectivity index is 1.12. The number of aryl methyl sites for hydroxylation is 1. The first-order chi connectivity index (χ1) is 17.1. The van der Waals surface area contributed by atoms with Gasteiger partial charge in [0.25, 0.3) is 0 Å². The Morgan fingerprint density at radius 2 is 1.69 bits per heavy atom. The third kappa shape index (κ3) is 5.09. The number of carbonyl (C=O) groups is 1. The Morgan fingerprint density at radius 1 is 0.943 bits per heavy atom. The van der Waals surface area contributed by atoms with Gasteiger partial charge >= 0.3 is 6.09 Å². The van der Waals surface area contributed by atoms with E-state index in [0.29, 0.717) is 18.8 Å². The van der Waals surface area contributed by atoms with Crippen molar-refractivity contribution in [2.75, 3.05) is 32.7 Å². The van der Waals surface area contributed by atoms with Crippen LogP contribution in [0.5, 0.6) is 17.6 Å². The summed E-state index contributed by atoms with van der Waals surface area (Å²) in [6.07, 6.45) is 8.38. The maximum Gasteiger partial charge on any atom is 0.416 e. The molecule has 0 atom stereocenters. The molecule has 0 radical (unpaired) electrons. The molecule has 2 N–H and O–H groups in total. The molecule has 1 amide bonds. The van der Waals surface area contributed by atoms with Gasteiger partial charge in [0.15, 0.2) is 0 Å². The lowest BCUT2D eigenvalue weighted by Gasteiger charge is -2.33. The summed E-state index contributed by atoms with van der Waals surface area (Å²) in [4.78, 5) is 25.3. The Labute approximate surface area is 204 Å². The average molecular weight is 478 g/mol. The number of aromatic hydroxyl groups is 2. The van der Waals surface area contributed by atoms with E-state index in [2.05, 4.69) is 14.9 Å². The van der Waals surface area contributed by atoms with E-state index in [9.17, 15) is 15.0 Å². The largest absolute Gasteiger partial charge is 0.494 e. The van der Waals surface area contributed by atoms with Crippen molar-refractivity contribution in [1.29, 1.82) is 0 Å². The number of ether oxygens (including phenoxy) is 1. The molecule has 9 nitrogen and oxygen atoms in total. The van der Waals surface area contributed by atoms with Gasteiger partial charge in [-0.1, -0.05) is 6.07 Å². The van der Waals surface area contributed by atoms with E-state index in [1.165, 1.54) is 10.8 Å². The highest BCUT2D eigenvalue weighted by molar-refractivity contribution is 5.70. The summed E-state index contributed by atoms with van der Waals surface area (Å²) in [5.74, 6) is 0.302.